The number of carboxylic acids is 1. The first kappa shape index (κ1) is 38.9. The number of amides is 4. The van der Waals surface area contributed by atoms with Crippen molar-refractivity contribution in [2.24, 2.45) is 11.7 Å². The summed E-state index contributed by atoms with van der Waals surface area (Å²) in [6, 6.07) is 7.82. The molecule has 0 fully saturated rings. The molecule has 2 aromatic rings. The number of hydrogen-bond donors (Lipinski definition) is 8. The number of aromatic hydroxyl groups is 2. The number of phenolic OH excluding ortho intramolecular Hbond substituents is 2. The summed E-state index contributed by atoms with van der Waals surface area (Å²) in [5, 5.41) is 40.2. The minimum Gasteiger partial charge on any atom is -0.508 e. The fraction of sp³-hybridized carbons (Fsp3) is 0.485. The highest BCUT2D eigenvalue weighted by atomic mass is 32.2. The van der Waals surface area contributed by atoms with E-state index in [1.165, 1.54) is 17.8 Å². The molecule has 14 heteroatoms. The summed E-state index contributed by atoms with van der Waals surface area (Å²) in [7, 11) is 0. The smallest absolute Gasteiger partial charge is 0.326 e. The molecular formula is C33H47N5O8S. The van der Waals surface area contributed by atoms with E-state index in [0.29, 0.717) is 31.6 Å². The van der Waals surface area contributed by atoms with Gasteiger partial charge >= 0.3 is 5.97 Å². The van der Waals surface area contributed by atoms with Gasteiger partial charge in [0.1, 0.15) is 35.7 Å². The molecule has 0 aromatic heterocycles. The number of rotatable bonds is 20. The number of nitrogens with one attached hydrogen (secondary N) is 4. The Hall–Kier alpha value is -4.30. The molecule has 0 heterocycles. The van der Waals surface area contributed by atoms with Crippen LogP contribution in [0.15, 0.2) is 48.5 Å². The minimum absolute atomic E-state index is 0.0691. The first-order valence-corrected chi connectivity index (χ1v) is 17.0. The summed E-state index contributed by atoms with van der Waals surface area (Å²) >= 11 is 1.44. The topological polar surface area (TPSA) is 220 Å². The molecule has 0 saturated heterocycles. The van der Waals surface area contributed by atoms with E-state index >= 15 is 0 Å². The Labute approximate surface area is 279 Å². The second-order valence-corrected chi connectivity index (χ2v) is 12.3. The summed E-state index contributed by atoms with van der Waals surface area (Å²) in [6.45, 7) is 3.95. The molecule has 0 spiro atoms. The second-order valence-electron chi connectivity index (χ2n) is 11.3. The highest BCUT2D eigenvalue weighted by Crippen LogP contribution is 2.22. The molecule has 0 aliphatic rings. The largest absolute Gasteiger partial charge is 0.508 e. The molecule has 2 aromatic carbocycles. The van der Waals surface area contributed by atoms with Crippen LogP contribution in [0.5, 0.6) is 11.5 Å². The highest BCUT2D eigenvalue weighted by molar-refractivity contribution is 7.98. The Balaban J connectivity index is 2.32. The van der Waals surface area contributed by atoms with Gasteiger partial charge in [0.05, 0.1) is 5.56 Å². The van der Waals surface area contributed by atoms with E-state index in [9.17, 15) is 39.3 Å². The molecule has 0 aliphatic carbocycles. The number of thioether (sulfide) groups is 1. The number of nitrogens with two attached hydrogens (primary N) is 1. The third-order valence-corrected chi connectivity index (χ3v) is 8.37. The summed E-state index contributed by atoms with van der Waals surface area (Å²) < 4.78 is 0. The fourth-order valence-electron chi connectivity index (χ4n) is 4.75. The van der Waals surface area contributed by atoms with Crippen LogP contribution in [0.2, 0.25) is 0 Å². The fourth-order valence-corrected chi connectivity index (χ4v) is 5.22. The van der Waals surface area contributed by atoms with Crippen molar-refractivity contribution in [1.29, 1.82) is 0 Å². The molecule has 0 bridgehead atoms. The first-order chi connectivity index (χ1) is 22.4. The van der Waals surface area contributed by atoms with Crippen molar-refractivity contribution in [3.05, 3.63) is 59.7 Å². The number of carboxylic acid groups (broad SMARTS) is 1. The van der Waals surface area contributed by atoms with Crippen molar-refractivity contribution in [1.82, 2.24) is 21.3 Å². The summed E-state index contributed by atoms with van der Waals surface area (Å²) in [6.07, 6.45) is 3.78. The van der Waals surface area contributed by atoms with Gasteiger partial charge in [-0.2, -0.15) is 11.8 Å². The van der Waals surface area contributed by atoms with E-state index in [0.717, 1.165) is 17.7 Å². The lowest BCUT2D eigenvalue weighted by molar-refractivity contribution is -0.142. The predicted octanol–water partition coefficient (Wildman–Crippen LogP) is 1.91. The van der Waals surface area contributed by atoms with Gasteiger partial charge in [0, 0.05) is 6.42 Å². The molecule has 9 N–H and O–H groups in total. The number of benzene rings is 2. The lowest BCUT2D eigenvalue weighted by Crippen LogP contribution is -2.59. The monoisotopic (exact) mass is 673 g/mol. The van der Waals surface area contributed by atoms with Gasteiger partial charge in [0.2, 0.25) is 17.7 Å². The molecule has 13 nitrogen and oxygen atoms in total. The zero-order chi connectivity index (χ0) is 34.9. The Morgan fingerprint density at radius 3 is 2.11 bits per heavy atom. The van der Waals surface area contributed by atoms with Gasteiger partial charge in [-0.15, -0.1) is 0 Å². The van der Waals surface area contributed by atoms with Crippen molar-refractivity contribution in [2.75, 3.05) is 18.6 Å². The molecule has 4 amide bonds. The van der Waals surface area contributed by atoms with Gasteiger partial charge in [-0.05, 0) is 73.9 Å². The van der Waals surface area contributed by atoms with Gasteiger partial charge in [-0.3, -0.25) is 19.2 Å². The van der Waals surface area contributed by atoms with Crippen LogP contribution < -0.4 is 27.0 Å². The maximum atomic E-state index is 13.8. The van der Waals surface area contributed by atoms with E-state index in [-0.39, 0.29) is 36.3 Å². The minimum atomic E-state index is -1.19. The van der Waals surface area contributed by atoms with Crippen LogP contribution in [0.1, 0.15) is 61.9 Å². The molecule has 2 rings (SSSR count). The number of carbonyl (C=O) groups excluding carboxylic acids is 4. The van der Waals surface area contributed by atoms with Crippen LogP contribution in [0.3, 0.4) is 0 Å². The number of aliphatic carboxylic acids is 1. The highest BCUT2D eigenvalue weighted by Gasteiger charge is 2.33. The van der Waals surface area contributed by atoms with Crippen LogP contribution >= 0.6 is 11.8 Å². The van der Waals surface area contributed by atoms with Crippen LogP contribution in [-0.4, -0.2) is 87.6 Å². The molecular weight excluding hydrogens is 626 g/mol. The van der Waals surface area contributed by atoms with Crippen molar-refractivity contribution >= 4 is 41.4 Å². The lowest BCUT2D eigenvalue weighted by atomic mass is 9.96. The molecule has 0 aliphatic heterocycles. The van der Waals surface area contributed by atoms with Gasteiger partial charge in [-0.25, -0.2) is 4.79 Å². The standard InChI is InChI=1S/C33H47N5O8S/c1-4-20(2)28(38-30(42)24(12-8-9-16-34)35-29(41)23-19-22(39)13-14-27(23)40)32(44)37-26(18-21-10-6-5-7-11-21)31(43)36-25(33(45)46)15-17-47-3/h5-7,10-11,13-14,19-20,24-26,28,39-40H,4,8-9,12,15-18,34H2,1-3H3,(H,35,41)(H,36,43)(H,37,44)(H,38,42)(H,45,46)/t20-,24-,25-,26-,28-/m0/s1. The lowest BCUT2D eigenvalue weighted by Gasteiger charge is -2.29. The maximum Gasteiger partial charge on any atom is 0.326 e. The third-order valence-electron chi connectivity index (χ3n) is 7.73. The third kappa shape index (κ3) is 12.8. The van der Waals surface area contributed by atoms with Crippen molar-refractivity contribution in [3.8, 4) is 11.5 Å². The van der Waals surface area contributed by atoms with Crippen molar-refractivity contribution < 1.29 is 39.3 Å². The SMILES string of the molecule is CC[C@H](C)[C@H](NC(=O)[C@H](CCCCN)NC(=O)c1cc(O)ccc1O)C(=O)N[C@@H](Cc1ccccc1)C(=O)N[C@@H](CCSC)C(=O)O. The van der Waals surface area contributed by atoms with Crippen molar-refractivity contribution in [2.45, 2.75) is 76.5 Å². The average molecular weight is 674 g/mol. The quantitative estimate of drug-likeness (QED) is 0.0754. The van der Waals surface area contributed by atoms with Gasteiger partial charge in [0.25, 0.3) is 5.91 Å². The normalized spacial score (nSPS) is 14.1. The zero-order valence-electron chi connectivity index (χ0n) is 27.0. The van der Waals surface area contributed by atoms with E-state index < -0.39 is 59.7 Å². The number of unbranched alkanes of at least 4 members (excludes halogenated alkanes) is 1. The van der Waals surface area contributed by atoms with Crippen molar-refractivity contribution in [3.63, 3.8) is 0 Å². The second kappa shape index (κ2) is 20.0. The number of phenols is 2. The average Bonchev–Trinajstić information content (AvgIpc) is 3.05. The van der Waals surface area contributed by atoms with E-state index in [4.69, 9.17) is 5.73 Å². The summed E-state index contributed by atoms with van der Waals surface area (Å²) in [5.74, 6) is -4.53. The van der Waals surface area contributed by atoms with E-state index in [1.54, 1.807) is 37.3 Å². The molecule has 5 atom stereocenters. The number of carbonyl (C=O) groups is 5. The summed E-state index contributed by atoms with van der Waals surface area (Å²) in [5.41, 5.74) is 6.12. The Morgan fingerprint density at radius 1 is 0.830 bits per heavy atom. The van der Waals surface area contributed by atoms with Gasteiger partial charge in [0.15, 0.2) is 0 Å². The van der Waals surface area contributed by atoms with E-state index in [2.05, 4.69) is 21.3 Å². The van der Waals surface area contributed by atoms with Gasteiger partial charge < -0.3 is 42.3 Å². The molecule has 258 valence electrons. The van der Waals surface area contributed by atoms with Crippen LogP contribution in [-0.2, 0) is 25.6 Å². The van der Waals surface area contributed by atoms with Crippen LogP contribution in [0, 0.1) is 5.92 Å². The molecule has 0 radical (unpaired) electrons. The predicted molar refractivity (Wildman–Crippen MR) is 180 cm³/mol. The van der Waals surface area contributed by atoms with Crippen LogP contribution in [0.25, 0.3) is 0 Å². The molecule has 47 heavy (non-hydrogen) atoms. The Kier molecular flexibility index (Phi) is 16.6. The first-order valence-electron chi connectivity index (χ1n) is 15.6. The van der Waals surface area contributed by atoms with E-state index in [1.807, 2.05) is 13.2 Å². The van der Waals surface area contributed by atoms with Gasteiger partial charge in [-0.1, -0.05) is 50.6 Å². The summed E-state index contributed by atoms with van der Waals surface area (Å²) in [4.78, 5) is 65.7. The molecule has 0 unspecified atom stereocenters. The Morgan fingerprint density at radius 2 is 1.49 bits per heavy atom. The molecule has 0 saturated carbocycles. The Bertz CT molecular complexity index is 1350. The van der Waals surface area contributed by atoms with Crippen LogP contribution in [0.4, 0.5) is 0 Å². The number of hydrogen-bond acceptors (Lipinski definition) is 9. The maximum absolute atomic E-state index is 13.8. The zero-order valence-corrected chi connectivity index (χ0v) is 27.8.